The first kappa shape index (κ1) is 41.4. The molecule has 0 atom stereocenters. The van der Waals surface area contributed by atoms with Crippen LogP contribution in [-0.2, 0) is 0 Å². The molecule has 9 aromatic rings. The van der Waals surface area contributed by atoms with Crippen molar-refractivity contribution in [1.82, 2.24) is 39.9 Å². The Morgan fingerprint density at radius 1 is 0.323 bits per heavy atom. The number of pyridine rings is 4. The molecule has 0 saturated carbocycles. The zero-order chi connectivity index (χ0) is 43.8. The maximum Gasteiger partial charge on any atom is 0.146 e. The summed E-state index contributed by atoms with van der Waals surface area (Å²) in [7, 11) is -4.52. The molecule has 0 N–H and O–H groups in total. The largest absolute Gasteiger partial charge is 0.254 e. The van der Waals surface area contributed by atoms with Crippen molar-refractivity contribution in [3.05, 3.63) is 84.4 Å². The lowest BCUT2D eigenvalue weighted by atomic mass is 10.0. The van der Waals surface area contributed by atoms with E-state index in [9.17, 15) is 0 Å². The van der Waals surface area contributed by atoms with Crippen LogP contribution in [-0.4, -0.2) is 56.0 Å². The van der Waals surface area contributed by atoms with E-state index in [4.69, 9.17) is 39.9 Å². The Morgan fingerprint density at radius 3 is 0.758 bits per heavy atom. The predicted molar refractivity (Wildman–Crippen MR) is 265 cm³/mol. The van der Waals surface area contributed by atoms with Gasteiger partial charge >= 0.3 is 0 Å². The first-order valence-electron chi connectivity index (χ1n) is 22.2. The Balaban J connectivity index is 1.59. The quantitative estimate of drug-likeness (QED) is 0.0705. The first-order valence-corrected chi connectivity index (χ1v) is 26.7. The second-order valence-electron chi connectivity index (χ2n) is 18.9. The smallest absolute Gasteiger partial charge is 0.146 e. The highest BCUT2D eigenvalue weighted by Gasteiger charge is 2.43. The Labute approximate surface area is 365 Å². The van der Waals surface area contributed by atoms with Crippen molar-refractivity contribution in [3.8, 4) is 22.9 Å². The van der Waals surface area contributed by atoms with Gasteiger partial charge < -0.3 is 0 Å². The molecule has 3 aromatic carbocycles. The number of hydrogen-bond acceptors (Lipinski definition) is 8. The van der Waals surface area contributed by atoms with Crippen LogP contribution in [0, 0.1) is 22.9 Å². The number of hydrogen-bond donors (Lipinski definition) is 0. The fraction of sp³-hybridized carbons (Fsp3) is 0.346. The lowest BCUT2D eigenvalue weighted by Crippen LogP contribution is -2.43. The van der Waals surface area contributed by atoms with Gasteiger partial charge in [-0.05, 0) is 81.8 Å². The van der Waals surface area contributed by atoms with E-state index in [-0.39, 0.29) is 0 Å². The molecule has 0 unspecified atom stereocenters. The highest BCUT2D eigenvalue weighted by molar-refractivity contribution is 6.91. The van der Waals surface area contributed by atoms with E-state index in [1.165, 1.54) is 0 Å². The highest BCUT2D eigenvalue weighted by Crippen LogP contribution is 2.44. The van der Waals surface area contributed by atoms with Gasteiger partial charge in [-0.3, -0.25) is 19.9 Å². The summed E-state index contributed by atoms with van der Waals surface area (Å²) < 4.78 is 0. The fourth-order valence-corrected chi connectivity index (χ4v) is 21.5. The number of rotatable bonds is 6. The maximum absolute atomic E-state index is 5.68. The third kappa shape index (κ3) is 6.09. The topological polar surface area (TPSA) is 103 Å². The molecule has 0 amide bonds. The van der Waals surface area contributed by atoms with Crippen molar-refractivity contribution >= 4 is 104 Å². The number of benzene rings is 3. The summed E-state index contributed by atoms with van der Waals surface area (Å²) in [4.78, 5) is 42.1. The van der Waals surface area contributed by atoms with E-state index in [1.807, 2.05) is 49.1 Å². The molecule has 0 spiro atoms. The van der Waals surface area contributed by atoms with Gasteiger partial charge in [-0.15, -0.1) is 11.1 Å². The van der Waals surface area contributed by atoms with Gasteiger partial charge in [0.25, 0.3) is 0 Å². The molecule has 0 saturated heterocycles. The first-order chi connectivity index (χ1) is 29.7. The van der Waals surface area contributed by atoms with E-state index in [2.05, 4.69) is 130 Å². The summed E-state index contributed by atoms with van der Waals surface area (Å²) >= 11 is 0. The van der Waals surface area contributed by atoms with Crippen LogP contribution < -0.4 is 0 Å². The standard InChI is InChI=1S/C52H54N8Si2/c1-29(2)61(30(3)4,31(5)6)27-21-39-49-51(59-47-37-19-15-25-55-43(37)41-35(45(47)57-49)17-13-23-53-41)40(22-28-62(32(7)8,33(9)10)34(11)12)52-50(39)58-46-36-18-14-24-54-42(36)44-38(48(46)60-52)20-16-26-56-44/h13-20,23-26,29-34H,1-12H3. The van der Waals surface area contributed by atoms with E-state index in [1.54, 1.807) is 0 Å². The van der Waals surface area contributed by atoms with Crippen LogP contribution in [0.2, 0.25) is 33.2 Å². The van der Waals surface area contributed by atoms with Gasteiger partial charge in [0, 0.05) is 46.3 Å². The number of fused-ring (bicyclic) bond motifs is 14. The summed E-state index contributed by atoms with van der Waals surface area (Å²) in [5.41, 5.74) is 20.9. The van der Waals surface area contributed by atoms with Gasteiger partial charge in [-0.25, -0.2) is 19.9 Å². The molecule has 0 bridgehead atoms. The molecule has 6 heterocycles. The monoisotopic (exact) mass is 846 g/mol. The lowest BCUT2D eigenvalue weighted by Gasteiger charge is -2.38. The van der Waals surface area contributed by atoms with Gasteiger partial charge in [0.15, 0.2) is 0 Å². The van der Waals surface area contributed by atoms with Crippen molar-refractivity contribution in [3.63, 3.8) is 0 Å². The molecule has 8 nitrogen and oxygen atoms in total. The molecule has 0 aliphatic rings. The van der Waals surface area contributed by atoms with Gasteiger partial charge in [-0.1, -0.05) is 94.9 Å². The molecule has 62 heavy (non-hydrogen) atoms. The van der Waals surface area contributed by atoms with Crippen molar-refractivity contribution in [2.45, 2.75) is 116 Å². The molecular formula is C52H54N8Si2. The summed E-state index contributed by atoms with van der Waals surface area (Å²) in [5, 5.41) is 3.54. The minimum absolute atomic E-state index is 0.417. The molecule has 0 aliphatic heterocycles. The normalized spacial score (nSPS) is 12.8. The Kier molecular flexibility index (Phi) is 10.3. The lowest BCUT2D eigenvalue weighted by molar-refractivity contribution is 0.838. The Bertz CT molecular complexity index is 2980. The summed E-state index contributed by atoms with van der Waals surface area (Å²) in [6.07, 6.45) is 7.26. The minimum atomic E-state index is -2.26. The molecule has 9 rings (SSSR count). The summed E-state index contributed by atoms with van der Waals surface area (Å²) in [6.45, 7) is 28.2. The molecule has 0 aliphatic carbocycles. The van der Waals surface area contributed by atoms with E-state index in [0.717, 1.165) is 76.8 Å². The third-order valence-electron chi connectivity index (χ3n) is 14.0. The Morgan fingerprint density at radius 2 is 0.548 bits per heavy atom. The van der Waals surface area contributed by atoms with Crippen LogP contribution in [0.3, 0.4) is 0 Å². The Hall–Kier alpha value is -5.95. The van der Waals surface area contributed by atoms with Crippen LogP contribution in [0.4, 0.5) is 0 Å². The highest BCUT2D eigenvalue weighted by atomic mass is 28.3. The van der Waals surface area contributed by atoms with Crippen LogP contribution in [0.25, 0.3) is 87.7 Å². The van der Waals surface area contributed by atoms with E-state index < -0.39 is 16.1 Å². The maximum atomic E-state index is 5.68. The van der Waals surface area contributed by atoms with Crippen LogP contribution in [0.1, 0.15) is 94.2 Å². The van der Waals surface area contributed by atoms with Crippen molar-refractivity contribution in [2.24, 2.45) is 0 Å². The molecule has 0 radical (unpaired) electrons. The second-order valence-corrected chi connectivity index (χ2v) is 30.0. The predicted octanol–water partition coefficient (Wildman–Crippen LogP) is 13.2. The average molecular weight is 847 g/mol. The van der Waals surface area contributed by atoms with Crippen LogP contribution >= 0.6 is 0 Å². The average Bonchev–Trinajstić information content (AvgIpc) is 3.25. The van der Waals surface area contributed by atoms with Gasteiger partial charge in [0.05, 0.1) is 55.3 Å². The molecule has 10 heteroatoms. The number of aromatic nitrogens is 8. The SMILES string of the molecule is CC(C)[Si](C#Cc1c2nc3c4cccnc4c4ncccc4c3nc2c(C#C[Si](C(C)C)(C(C)C)C(C)C)c2nc3c4cccnc4c4ncccc4c3nc12)(C(C)C)C(C)C. The van der Waals surface area contributed by atoms with Crippen LogP contribution in [0.5, 0.6) is 0 Å². The molecule has 310 valence electrons. The fourth-order valence-electron chi connectivity index (χ4n) is 11.1. The zero-order valence-corrected chi connectivity index (χ0v) is 40.0. The summed E-state index contributed by atoms with van der Waals surface area (Å²) in [6, 6.07) is 16.1. The zero-order valence-electron chi connectivity index (χ0n) is 38.0. The number of nitrogens with zero attached hydrogens (tertiary/aromatic N) is 8. The van der Waals surface area contributed by atoms with Crippen molar-refractivity contribution < 1.29 is 0 Å². The van der Waals surface area contributed by atoms with Crippen molar-refractivity contribution in [2.75, 3.05) is 0 Å². The van der Waals surface area contributed by atoms with E-state index in [0.29, 0.717) is 55.3 Å². The van der Waals surface area contributed by atoms with Gasteiger partial charge in [0.1, 0.15) is 38.2 Å². The summed E-state index contributed by atoms with van der Waals surface area (Å²) in [5.74, 6) is 7.76. The molecular weight excluding hydrogens is 793 g/mol. The van der Waals surface area contributed by atoms with E-state index >= 15 is 0 Å². The van der Waals surface area contributed by atoms with Gasteiger partial charge in [0.2, 0.25) is 0 Å². The molecule has 6 aromatic heterocycles. The molecule has 0 fully saturated rings. The van der Waals surface area contributed by atoms with Crippen molar-refractivity contribution in [1.29, 1.82) is 0 Å². The minimum Gasteiger partial charge on any atom is -0.254 e. The second kappa shape index (κ2) is 15.4. The van der Waals surface area contributed by atoms with Crippen LogP contribution in [0.15, 0.2) is 73.3 Å². The van der Waals surface area contributed by atoms with Gasteiger partial charge in [-0.2, -0.15) is 0 Å². The third-order valence-corrected chi connectivity index (χ3v) is 26.6.